The van der Waals surface area contributed by atoms with Gasteiger partial charge >= 0.3 is 5.97 Å². The van der Waals surface area contributed by atoms with Gasteiger partial charge < -0.3 is 10.4 Å². The van der Waals surface area contributed by atoms with Crippen LogP contribution in [0.25, 0.3) is 0 Å². The molecule has 6 heteroatoms. The normalized spacial score (nSPS) is 18.9. The number of hydrogen-bond acceptors (Lipinski definition) is 4. The van der Waals surface area contributed by atoms with Gasteiger partial charge in [-0.1, -0.05) is 0 Å². The number of aromatic nitrogens is 1. The number of carboxylic acid groups (broad SMARTS) is 1. The number of amides is 1. The maximum absolute atomic E-state index is 11.8. The first-order valence-electron chi connectivity index (χ1n) is 5.25. The summed E-state index contributed by atoms with van der Waals surface area (Å²) in [5.41, 5.74) is 0.338. The Morgan fingerprint density at radius 3 is 2.82 bits per heavy atom. The van der Waals surface area contributed by atoms with Gasteiger partial charge in [0.2, 0.25) is 0 Å². The Hall–Kier alpha value is -1.56. The van der Waals surface area contributed by atoms with Gasteiger partial charge in [0, 0.05) is 18.0 Å². The van der Waals surface area contributed by atoms with E-state index in [1.165, 1.54) is 18.3 Å². The van der Waals surface area contributed by atoms with Gasteiger partial charge in [-0.2, -0.15) is 11.8 Å². The van der Waals surface area contributed by atoms with Crippen LogP contribution in [-0.4, -0.2) is 39.5 Å². The third-order valence-electron chi connectivity index (χ3n) is 2.51. The van der Waals surface area contributed by atoms with Crippen molar-refractivity contribution in [3.05, 3.63) is 29.6 Å². The Morgan fingerprint density at radius 2 is 2.29 bits per heavy atom. The van der Waals surface area contributed by atoms with Gasteiger partial charge in [-0.25, -0.2) is 9.78 Å². The number of carboxylic acids is 1. The van der Waals surface area contributed by atoms with Crippen LogP contribution in [0.2, 0.25) is 0 Å². The first kappa shape index (κ1) is 11.9. The smallest absolute Gasteiger partial charge is 0.354 e. The summed E-state index contributed by atoms with van der Waals surface area (Å²) in [6.07, 6.45) is 2.28. The number of thioether (sulfide) groups is 1. The quantitative estimate of drug-likeness (QED) is 0.839. The van der Waals surface area contributed by atoms with E-state index in [-0.39, 0.29) is 17.6 Å². The predicted octanol–water partition coefficient (Wildman–Crippen LogP) is 1.02. The molecule has 90 valence electrons. The summed E-state index contributed by atoms with van der Waals surface area (Å²) in [5.74, 6) is 0.721. The van der Waals surface area contributed by atoms with E-state index in [2.05, 4.69) is 10.3 Å². The molecule has 1 fully saturated rings. The van der Waals surface area contributed by atoms with Gasteiger partial charge in [-0.05, 0) is 24.3 Å². The van der Waals surface area contributed by atoms with Crippen LogP contribution >= 0.6 is 11.8 Å². The third-order valence-corrected chi connectivity index (χ3v) is 3.67. The molecule has 0 bridgehead atoms. The third kappa shape index (κ3) is 2.97. The highest BCUT2D eigenvalue weighted by atomic mass is 32.2. The predicted molar refractivity (Wildman–Crippen MR) is 64.4 cm³/mol. The summed E-state index contributed by atoms with van der Waals surface area (Å²) in [4.78, 5) is 26.1. The number of carbonyl (C=O) groups excluding carboxylic acids is 1. The van der Waals surface area contributed by atoms with Gasteiger partial charge in [-0.15, -0.1) is 0 Å². The minimum atomic E-state index is -1.09. The molecule has 1 amide bonds. The van der Waals surface area contributed by atoms with Crippen molar-refractivity contribution in [2.24, 2.45) is 0 Å². The van der Waals surface area contributed by atoms with Gasteiger partial charge in [0.1, 0.15) is 5.69 Å². The number of nitrogens with zero attached hydrogens (tertiary/aromatic N) is 1. The molecule has 1 atom stereocenters. The molecule has 1 aliphatic rings. The van der Waals surface area contributed by atoms with Crippen LogP contribution in [0.4, 0.5) is 0 Å². The van der Waals surface area contributed by atoms with Crippen LogP contribution in [0.1, 0.15) is 27.3 Å². The number of aromatic carboxylic acids is 1. The van der Waals surface area contributed by atoms with E-state index in [4.69, 9.17) is 5.11 Å². The highest BCUT2D eigenvalue weighted by molar-refractivity contribution is 7.99. The molecule has 0 unspecified atom stereocenters. The molecule has 1 aromatic heterocycles. The topological polar surface area (TPSA) is 79.3 Å². The second kappa shape index (κ2) is 5.18. The Bertz CT molecular complexity index is 427. The van der Waals surface area contributed by atoms with E-state index in [1.807, 2.05) is 11.8 Å². The highest BCUT2D eigenvalue weighted by Gasteiger charge is 2.18. The lowest BCUT2D eigenvalue weighted by atomic mass is 10.2. The van der Waals surface area contributed by atoms with E-state index in [9.17, 15) is 9.59 Å². The molecule has 0 aliphatic carbocycles. The standard InChI is InChI=1S/C11H12N2O3S/c14-10(13-8-3-4-17-6-8)7-1-2-9(11(15)16)12-5-7/h1-2,5,8H,3-4,6H2,(H,13,14)(H,15,16)/t8-/m0/s1. The minimum absolute atomic E-state index is 0.0574. The van der Waals surface area contributed by atoms with Gasteiger partial charge in [0.15, 0.2) is 0 Å². The molecule has 0 spiro atoms. The van der Waals surface area contributed by atoms with E-state index in [1.54, 1.807) is 0 Å². The zero-order chi connectivity index (χ0) is 12.3. The Labute approximate surface area is 103 Å². The Kier molecular flexibility index (Phi) is 3.63. The zero-order valence-corrected chi connectivity index (χ0v) is 9.87. The van der Waals surface area contributed by atoms with Crippen LogP contribution in [-0.2, 0) is 0 Å². The molecule has 2 N–H and O–H groups in total. The van der Waals surface area contributed by atoms with Crippen molar-refractivity contribution >= 4 is 23.6 Å². The fraction of sp³-hybridized carbons (Fsp3) is 0.364. The molecule has 0 aromatic carbocycles. The average molecular weight is 252 g/mol. The minimum Gasteiger partial charge on any atom is -0.477 e. The molecule has 1 aromatic rings. The fourth-order valence-electron chi connectivity index (χ4n) is 1.57. The van der Waals surface area contributed by atoms with Crippen molar-refractivity contribution in [2.75, 3.05) is 11.5 Å². The van der Waals surface area contributed by atoms with Gasteiger partial charge in [0.05, 0.1) is 5.56 Å². The molecular weight excluding hydrogens is 240 g/mol. The Balaban J connectivity index is 2.01. The van der Waals surface area contributed by atoms with Gasteiger partial charge in [0.25, 0.3) is 5.91 Å². The van der Waals surface area contributed by atoms with Crippen molar-refractivity contribution < 1.29 is 14.7 Å². The summed E-state index contributed by atoms with van der Waals surface area (Å²) < 4.78 is 0. The molecule has 2 rings (SSSR count). The molecule has 5 nitrogen and oxygen atoms in total. The van der Waals surface area contributed by atoms with Crippen LogP contribution in [0.3, 0.4) is 0 Å². The van der Waals surface area contributed by atoms with Crippen LogP contribution in [0, 0.1) is 0 Å². The lowest BCUT2D eigenvalue weighted by molar-refractivity contribution is 0.0689. The lowest BCUT2D eigenvalue weighted by Crippen LogP contribution is -2.34. The first-order valence-corrected chi connectivity index (χ1v) is 6.40. The maximum atomic E-state index is 11.8. The van der Waals surface area contributed by atoms with Crippen molar-refractivity contribution in [3.63, 3.8) is 0 Å². The Morgan fingerprint density at radius 1 is 1.47 bits per heavy atom. The average Bonchev–Trinajstić information content (AvgIpc) is 2.82. The molecule has 17 heavy (non-hydrogen) atoms. The SMILES string of the molecule is O=C(N[C@H]1CCSC1)c1ccc(C(=O)O)nc1. The first-order chi connectivity index (χ1) is 8.16. The second-order valence-electron chi connectivity index (χ2n) is 3.77. The van der Waals surface area contributed by atoms with E-state index >= 15 is 0 Å². The second-order valence-corrected chi connectivity index (χ2v) is 4.92. The molecule has 0 radical (unpaired) electrons. The van der Waals surface area contributed by atoms with E-state index < -0.39 is 5.97 Å². The zero-order valence-electron chi connectivity index (χ0n) is 9.05. The summed E-state index contributed by atoms with van der Waals surface area (Å²) in [7, 11) is 0. The van der Waals surface area contributed by atoms with Crippen molar-refractivity contribution in [1.82, 2.24) is 10.3 Å². The summed E-state index contributed by atoms with van der Waals surface area (Å²) >= 11 is 1.82. The summed E-state index contributed by atoms with van der Waals surface area (Å²) in [6.45, 7) is 0. The molecule has 1 saturated heterocycles. The largest absolute Gasteiger partial charge is 0.477 e. The molecule has 1 aliphatic heterocycles. The number of rotatable bonds is 3. The molecular formula is C11H12N2O3S. The highest BCUT2D eigenvalue weighted by Crippen LogP contribution is 2.17. The summed E-state index contributed by atoms with van der Waals surface area (Å²) in [6, 6.07) is 3.03. The molecule has 0 saturated carbocycles. The molecule has 2 heterocycles. The maximum Gasteiger partial charge on any atom is 0.354 e. The lowest BCUT2D eigenvalue weighted by Gasteiger charge is -2.10. The van der Waals surface area contributed by atoms with Crippen molar-refractivity contribution in [3.8, 4) is 0 Å². The van der Waals surface area contributed by atoms with E-state index in [0.29, 0.717) is 5.56 Å². The number of hydrogen-bond donors (Lipinski definition) is 2. The van der Waals surface area contributed by atoms with E-state index in [0.717, 1.165) is 17.9 Å². The number of carbonyl (C=O) groups is 2. The van der Waals surface area contributed by atoms with Crippen molar-refractivity contribution in [2.45, 2.75) is 12.5 Å². The van der Waals surface area contributed by atoms with Gasteiger partial charge in [-0.3, -0.25) is 4.79 Å². The number of pyridine rings is 1. The number of nitrogens with one attached hydrogen (secondary N) is 1. The summed E-state index contributed by atoms with van der Waals surface area (Å²) in [5, 5.41) is 11.6. The van der Waals surface area contributed by atoms with Crippen molar-refractivity contribution in [1.29, 1.82) is 0 Å². The van der Waals surface area contributed by atoms with Crippen LogP contribution in [0.5, 0.6) is 0 Å². The van der Waals surface area contributed by atoms with Crippen LogP contribution < -0.4 is 5.32 Å². The van der Waals surface area contributed by atoms with Crippen LogP contribution in [0.15, 0.2) is 18.3 Å². The monoisotopic (exact) mass is 252 g/mol. The fourth-order valence-corrected chi connectivity index (χ4v) is 2.72.